The lowest BCUT2D eigenvalue weighted by Crippen LogP contribution is -2.42. The quantitative estimate of drug-likeness (QED) is 0.719. The summed E-state index contributed by atoms with van der Waals surface area (Å²) in [5.41, 5.74) is 1.61. The molecule has 0 aliphatic carbocycles. The minimum Gasteiger partial charge on any atom is -0.462 e. The third-order valence-corrected chi connectivity index (χ3v) is 5.22. The second kappa shape index (κ2) is 7.61. The maximum Gasteiger partial charge on any atom is 0.331 e. The van der Waals surface area contributed by atoms with Crippen molar-refractivity contribution in [3.05, 3.63) is 71.8 Å². The Morgan fingerprint density at radius 3 is 1.86 bits per heavy atom. The van der Waals surface area contributed by atoms with Gasteiger partial charge < -0.3 is 14.2 Å². The molecule has 2 aromatic carbocycles. The van der Waals surface area contributed by atoms with Crippen molar-refractivity contribution < 1.29 is 23.8 Å². The molecule has 0 spiro atoms. The van der Waals surface area contributed by atoms with Crippen molar-refractivity contribution in [1.82, 2.24) is 9.80 Å². The van der Waals surface area contributed by atoms with Crippen molar-refractivity contribution in [1.29, 1.82) is 0 Å². The Bertz CT molecular complexity index is 844. The third kappa shape index (κ3) is 2.93. The van der Waals surface area contributed by atoms with E-state index in [0.717, 1.165) is 11.1 Å². The summed E-state index contributed by atoms with van der Waals surface area (Å²) in [6.45, 7) is 0.129. The van der Waals surface area contributed by atoms with E-state index in [1.54, 1.807) is 12.0 Å². The minimum absolute atomic E-state index is 0.129. The first-order valence-electron chi connectivity index (χ1n) is 9.10. The van der Waals surface area contributed by atoms with Crippen LogP contribution in [0.4, 0.5) is 4.79 Å². The first-order valence-corrected chi connectivity index (χ1v) is 9.10. The van der Waals surface area contributed by atoms with Crippen LogP contribution < -0.4 is 0 Å². The van der Waals surface area contributed by atoms with Crippen LogP contribution in [0.25, 0.3) is 0 Å². The van der Waals surface area contributed by atoms with E-state index in [2.05, 4.69) is 0 Å². The molecule has 0 N–H and O–H groups in total. The van der Waals surface area contributed by atoms with Gasteiger partial charge in [-0.3, -0.25) is 9.80 Å². The van der Waals surface area contributed by atoms with E-state index >= 15 is 0 Å². The largest absolute Gasteiger partial charge is 0.462 e. The normalized spacial score (nSPS) is 23.5. The third-order valence-electron chi connectivity index (χ3n) is 5.22. The van der Waals surface area contributed by atoms with Crippen LogP contribution in [0.5, 0.6) is 0 Å². The highest BCUT2D eigenvalue weighted by atomic mass is 16.6. The topological polar surface area (TPSA) is 68.3 Å². The van der Waals surface area contributed by atoms with Gasteiger partial charge in [-0.1, -0.05) is 60.7 Å². The number of benzene rings is 2. The van der Waals surface area contributed by atoms with E-state index in [1.807, 2.05) is 60.7 Å². The van der Waals surface area contributed by atoms with Gasteiger partial charge in [0.15, 0.2) is 18.5 Å². The number of amides is 2. The maximum atomic E-state index is 13.5. The number of carbonyl (C=O) groups is 2. The van der Waals surface area contributed by atoms with Gasteiger partial charge in [-0.05, 0) is 0 Å². The van der Waals surface area contributed by atoms with Crippen LogP contribution >= 0.6 is 0 Å². The molecule has 2 amide bonds. The van der Waals surface area contributed by atoms with Crippen molar-refractivity contribution in [3.63, 3.8) is 0 Å². The van der Waals surface area contributed by atoms with E-state index < -0.39 is 30.5 Å². The van der Waals surface area contributed by atoms with E-state index in [1.165, 1.54) is 12.0 Å². The van der Waals surface area contributed by atoms with Crippen LogP contribution in [0.15, 0.2) is 60.7 Å². The number of fused-ring (bicyclic) bond motifs is 1. The monoisotopic (exact) mass is 382 g/mol. The fraction of sp³-hybridized carbons (Fsp3) is 0.333. The Balaban J connectivity index is 1.74. The zero-order valence-electron chi connectivity index (χ0n) is 15.7. The maximum absolute atomic E-state index is 13.5. The van der Waals surface area contributed by atoms with Crippen LogP contribution in [0.2, 0.25) is 0 Å². The number of rotatable bonds is 6. The van der Waals surface area contributed by atoms with Gasteiger partial charge in [0.05, 0.1) is 0 Å². The van der Waals surface area contributed by atoms with Crippen LogP contribution in [-0.4, -0.2) is 54.7 Å². The first-order chi connectivity index (χ1) is 13.7. The van der Waals surface area contributed by atoms with E-state index in [-0.39, 0.29) is 12.6 Å². The van der Waals surface area contributed by atoms with Gasteiger partial charge in [-0.15, -0.1) is 0 Å². The van der Waals surface area contributed by atoms with Crippen molar-refractivity contribution in [2.24, 2.45) is 0 Å². The highest BCUT2D eigenvalue weighted by Crippen LogP contribution is 2.40. The zero-order chi connectivity index (χ0) is 19.7. The number of cyclic esters (lactones) is 1. The molecule has 4 atom stereocenters. The molecule has 28 heavy (non-hydrogen) atoms. The van der Waals surface area contributed by atoms with Gasteiger partial charge in [0, 0.05) is 25.3 Å². The van der Waals surface area contributed by atoms with Crippen LogP contribution in [0, 0.1) is 0 Å². The molecule has 0 aromatic heterocycles. The Labute approximate surface area is 163 Å². The second-order valence-electron chi connectivity index (χ2n) is 6.74. The van der Waals surface area contributed by atoms with Gasteiger partial charge in [0.25, 0.3) is 0 Å². The van der Waals surface area contributed by atoms with Crippen molar-refractivity contribution in [2.75, 3.05) is 20.8 Å². The number of carbonyl (C=O) groups excluding carboxylic acids is 2. The predicted octanol–water partition coefficient (Wildman–Crippen LogP) is 2.71. The summed E-state index contributed by atoms with van der Waals surface area (Å²) >= 11 is 0. The molecular weight excluding hydrogens is 360 g/mol. The smallest absolute Gasteiger partial charge is 0.331 e. The van der Waals surface area contributed by atoms with E-state index in [0.29, 0.717) is 0 Å². The number of urea groups is 1. The first kappa shape index (κ1) is 18.5. The summed E-state index contributed by atoms with van der Waals surface area (Å²) in [7, 11) is 3.07. The van der Waals surface area contributed by atoms with Crippen molar-refractivity contribution in [2.45, 2.75) is 24.5 Å². The van der Waals surface area contributed by atoms with E-state index in [9.17, 15) is 9.59 Å². The highest BCUT2D eigenvalue weighted by molar-refractivity contribution is 5.90. The molecule has 0 radical (unpaired) electrons. The number of methoxy groups -OCH3 is 2. The lowest BCUT2D eigenvalue weighted by Gasteiger charge is -2.32. The molecule has 146 valence electrons. The summed E-state index contributed by atoms with van der Waals surface area (Å²) in [6, 6.07) is 17.3. The molecule has 7 nitrogen and oxygen atoms in total. The molecular formula is C21H22N2O5. The number of ether oxygens (including phenoxy) is 3. The lowest BCUT2D eigenvalue weighted by atomic mass is 10.1. The summed E-state index contributed by atoms with van der Waals surface area (Å²) in [6.07, 6.45) is -1.33. The summed E-state index contributed by atoms with van der Waals surface area (Å²) in [5.74, 6) is -0.429. The molecule has 7 heteroatoms. The molecule has 2 heterocycles. The Kier molecular flexibility index (Phi) is 5.02. The molecule has 0 bridgehead atoms. The summed E-state index contributed by atoms with van der Waals surface area (Å²) in [5, 5.41) is 0. The molecule has 2 fully saturated rings. The molecule has 4 rings (SSSR count). The van der Waals surface area contributed by atoms with Crippen LogP contribution in [-0.2, 0) is 19.0 Å². The van der Waals surface area contributed by atoms with Crippen LogP contribution in [0.1, 0.15) is 23.6 Å². The van der Waals surface area contributed by atoms with Crippen molar-refractivity contribution in [3.8, 4) is 0 Å². The average molecular weight is 382 g/mol. The SMILES string of the molecule is COC(c1ccccc1)N1C(=O)N(C(OC)c2ccccc2)C2C(=O)OCC21. The van der Waals surface area contributed by atoms with Gasteiger partial charge >= 0.3 is 12.0 Å². The fourth-order valence-electron chi connectivity index (χ4n) is 4.00. The molecule has 4 unspecified atom stereocenters. The number of esters is 1. The standard InChI is InChI=1S/C21H22N2O5/c1-26-18(14-9-5-3-6-10-14)22-16-13-28-20(24)17(16)23(21(22)25)19(27-2)15-11-7-4-8-12-15/h3-12,16-19H,13H2,1-2H3. The summed E-state index contributed by atoms with van der Waals surface area (Å²) < 4.78 is 16.6. The summed E-state index contributed by atoms with van der Waals surface area (Å²) in [4.78, 5) is 29.1. The molecule has 2 aromatic rings. The highest BCUT2D eigenvalue weighted by Gasteiger charge is 2.59. The molecule has 0 saturated carbocycles. The van der Waals surface area contributed by atoms with Crippen LogP contribution in [0.3, 0.4) is 0 Å². The van der Waals surface area contributed by atoms with Gasteiger partial charge in [0.2, 0.25) is 0 Å². The average Bonchev–Trinajstić information content (AvgIpc) is 3.24. The fourth-order valence-corrected chi connectivity index (χ4v) is 4.00. The Hall–Kier alpha value is -2.90. The number of hydrogen-bond donors (Lipinski definition) is 0. The minimum atomic E-state index is -0.751. The molecule has 2 aliphatic heterocycles. The van der Waals surface area contributed by atoms with Gasteiger partial charge in [0.1, 0.15) is 12.6 Å². The lowest BCUT2D eigenvalue weighted by molar-refractivity contribution is -0.144. The molecule has 2 aliphatic rings. The Morgan fingerprint density at radius 2 is 1.36 bits per heavy atom. The van der Waals surface area contributed by atoms with Gasteiger partial charge in [-0.25, -0.2) is 9.59 Å². The predicted molar refractivity (Wildman–Crippen MR) is 100.0 cm³/mol. The van der Waals surface area contributed by atoms with Gasteiger partial charge in [-0.2, -0.15) is 0 Å². The Morgan fingerprint density at radius 1 is 0.857 bits per heavy atom. The number of nitrogens with zero attached hydrogens (tertiary/aromatic N) is 2. The molecule has 2 saturated heterocycles. The van der Waals surface area contributed by atoms with Crippen molar-refractivity contribution >= 4 is 12.0 Å². The second-order valence-corrected chi connectivity index (χ2v) is 6.74. The number of hydrogen-bond acceptors (Lipinski definition) is 5. The van der Waals surface area contributed by atoms with E-state index in [4.69, 9.17) is 14.2 Å². The zero-order valence-corrected chi connectivity index (χ0v) is 15.7.